The van der Waals surface area contributed by atoms with Crippen molar-refractivity contribution in [3.63, 3.8) is 0 Å². The van der Waals surface area contributed by atoms with Crippen molar-refractivity contribution in [2.75, 3.05) is 0 Å². The monoisotopic (exact) mass is 312 g/mol. The molecule has 18 heavy (non-hydrogen) atoms. The standard InChI is InChI=1S/C15H27Cl3/c1-13(2,16)8-5-9-15(4,18)12-6-10-14(3,17)11-7-12/h12H,5-11H2,1-4H3/t12?,14?,15-/m1/s1. The van der Waals surface area contributed by atoms with E-state index < -0.39 is 0 Å². The lowest BCUT2D eigenvalue weighted by Crippen LogP contribution is -2.35. The Hall–Kier alpha value is 0.870. The molecule has 1 aliphatic carbocycles. The predicted octanol–water partition coefficient (Wildman–Crippen LogP) is 6.36. The molecule has 108 valence electrons. The second kappa shape index (κ2) is 6.10. The quantitative estimate of drug-likeness (QED) is 0.518. The summed E-state index contributed by atoms with van der Waals surface area (Å²) in [5.74, 6) is 0.601. The topological polar surface area (TPSA) is 0 Å². The van der Waals surface area contributed by atoms with Gasteiger partial charge in [-0.2, -0.15) is 0 Å². The highest BCUT2D eigenvalue weighted by molar-refractivity contribution is 6.24. The first-order valence-electron chi connectivity index (χ1n) is 7.09. The van der Waals surface area contributed by atoms with Crippen LogP contribution in [-0.4, -0.2) is 14.6 Å². The fraction of sp³-hybridized carbons (Fsp3) is 1.00. The van der Waals surface area contributed by atoms with Crippen LogP contribution in [0.3, 0.4) is 0 Å². The van der Waals surface area contributed by atoms with Crippen LogP contribution in [-0.2, 0) is 0 Å². The molecule has 0 radical (unpaired) electrons. The zero-order valence-electron chi connectivity index (χ0n) is 12.2. The van der Waals surface area contributed by atoms with Gasteiger partial charge in [0.15, 0.2) is 0 Å². The summed E-state index contributed by atoms with van der Waals surface area (Å²) in [7, 11) is 0. The van der Waals surface area contributed by atoms with Crippen LogP contribution in [0.4, 0.5) is 0 Å². The molecule has 0 bridgehead atoms. The molecular formula is C15H27Cl3. The van der Waals surface area contributed by atoms with E-state index in [1.807, 2.05) is 0 Å². The lowest BCUT2D eigenvalue weighted by atomic mass is 9.74. The molecule has 0 aliphatic heterocycles. The Labute approximate surface area is 128 Å². The summed E-state index contributed by atoms with van der Waals surface area (Å²) >= 11 is 19.4. The largest absolute Gasteiger partial charge is 0.120 e. The fourth-order valence-corrected chi connectivity index (χ4v) is 3.58. The van der Waals surface area contributed by atoms with Gasteiger partial charge in [-0.05, 0) is 78.6 Å². The van der Waals surface area contributed by atoms with Crippen molar-refractivity contribution in [3.8, 4) is 0 Å². The molecule has 1 saturated carbocycles. The van der Waals surface area contributed by atoms with E-state index in [0.29, 0.717) is 5.92 Å². The highest BCUT2D eigenvalue weighted by atomic mass is 35.5. The second-order valence-corrected chi connectivity index (χ2v) is 9.84. The van der Waals surface area contributed by atoms with Gasteiger partial charge >= 0.3 is 0 Å². The molecule has 1 rings (SSSR count). The molecule has 0 nitrogen and oxygen atoms in total. The van der Waals surface area contributed by atoms with E-state index in [1.54, 1.807) is 0 Å². The third-order valence-electron chi connectivity index (χ3n) is 4.32. The van der Waals surface area contributed by atoms with E-state index in [-0.39, 0.29) is 14.6 Å². The van der Waals surface area contributed by atoms with Gasteiger partial charge in [0.2, 0.25) is 0 Å². The molecule has 1 aliphatic rings. The van der Waals surface area contributed by atoms with E-state index in [2.05, 4.69) is 27.7 Å². The highest BCUT2D eigenvalue weighted by Gasteiger charge is 2.38. The van der Waals surface area contributed by atoms with E-state index in [4.69, 9.17) is 34.8 Å². The predicted molar refractivity (Wildman–Crippen MR) is 84.3 cm³/mol. The van der Waals surface area contributed by atoms with Gasteiger partial charge in [0.25, 0.3) is 0 Å². The van der Waals surface area contributed by atoms with E-state index in [1.165, 1.54) is 0 Å². The zero-order chi connectivity index (χ0) is 14.0. The van der Waals surface area contributed by atoms with Crippen LogP contribution in [0.15, 0.2) is 0 Å². The maximum atomic E-state index is 6.75. The Bertz CT molecular complexity index is 253. The minimum absolute atomic E-state index is 0.00159. The molecule has 1 fully saturated rings. The Kier molecular flexibility index (Phi) is 5.74. The molecule has 0 spiro atoms. The fourth-order valence-electron chi connectivity index (χ4n) is 2.88. The van der Waals surface area contributed by atoms with Crippen molar-refractivity contribution in [2.24, 2.45) is 5.92 Å². The smallest absolute Gasteiger partial charge is 0.0446 e. The first-order valence-corrected chi connectivity index (χ1v) is 8.22. The highest BCUT2D eigenvalue weighted by Crippen LogP contribution is 2.45. The number of alkyl halides is 3. The average Bonchev–Trinajstić information content (AvgIpc) is 2.14. The third-order valence-corrected chi connectivity index (χ3v) is 5.38. The third kappa shape index (κ3) is 5.88. The molecule has 1 atom stereocenters. The lowest BCUT2D eigenvalue weighted by Gasteiger charge is -2.40. The molecule has 3 heteroatoms. The number of rotatable bonds is 5. The molecule has 0 N–H and O–H groups in total. The molecular weight excluding hydrogens is 287 g/mol. The van der Waals surface area contributed by atoms with Gasteiger partial charge < -0.3 is 0 Å². The van der Waals surface area contributed by atoms with Gasteiger partial charge in [-0.15, -0.1) is 34.8 Å². The number of halogens is 3. The number of hydrogen-bond donors (Lipinski definition) is 0. The average molecular weight is 314 g/mol. The Balaban J connectivity index is 2.40. The van der Waals surface area contributed by atoms with Crippen LogP contribution in [0, 0.1) is 5.92 Å². The van der Waals surface area contributed by atoms with Gasteiger partial charge in [0.1, 0.15) is 0 Å². The molecule has 0 saturated heterocycles. The van der Waals surface area contributed by atoms with E-state index in [9.17, 15) is 0 Å². The van der Waals surface area contributed by atoms with Crippen molar-refractivity contribution in [1.82, 2.24) is 0 Å². The van der Waals surface area contributed by atoms with E-state index >= 15 is 0 Å². The van der Waals surface area contributed by atoms with Crippen molar-refractivity contribution in [3.05, 3.63) is 0 Å². The van der Waals surface area contributed by atoms with Crippen molar-refractivity contribution in [1.29, 1.82) is 0 Å². The maximum Gasteiger partial charge on any atom is 0.0446 e. The number of hydrogen-bond acceptors (Lipinski definition) is 0. The first kappa shape index (κ1) is 16.9. The van der Waals surface area contributed by atoms with Crippen LogP contribution in [0.5, 0.6) is 0 Å². The second-order valence-electron chi connectivity index (χ2n) is 7.04. The summed E-state index contributed by atoms with van der Waals surface area (Å²) in [5, 5.41) is 0. The summed E-state index contributed by atoms with van der Waals surface area (Å²) in [5.41, 5.74) is 0. The van der Waals surface area contributed by atoms with Crippen LogP contribution in [0.1, 0.15) is 72.6 Å². The minimum atomic E-state index is -0.103. The van der Waals surface area contributed by atoms with Gasteiger partial charge in [0.05, 0.1) is 0 Å². The summed E-state index contributed by atoms with van der Waals surface area (Å²) in [6.45, 7) is 8.48. The van der Waals surface area contributed by atoms with Gasteiger partial charge in [-0.3, -0.25) is 0 Å². The van der Waals surface area contributed by atoms with E-state index in [0.717, 1.165) is 44.9 Å². The molecule has 0 aromatic carbocycles. The van der Waals surface area contributed by atoms with Gasteiger partial charge in [-0.25, -0.2) is 0 Å². The minimum Gasteiger partial charge on any atom is -0.120 e. The van der Waals surface area contributed by atoms with Gasteiger partial charge in [-0.1, -0.05) is 0 Å². The molecule has 0 aromatic heterocycles. The summed E-state index contributed by atoms with van der Waals surface area (Å²) in [4.78, 5) is -0.189. The zero-order valence-corrected chi connectivity index (χ0v) is 14.4. The molecule has 0 heterocycles. The normalized spacial score (nSPS) is 33.2. The van der Waals surface area contributed by atoms with Crippen LogP contribution >= 0.6 is 34.8 Å². The first-order chi connectivity index (χ1) is 8.02. The maximum absolute atomic E-state index is 6.75. The van der Waals surface area contributed by atoms with Gasteiger partial charge in [0, 0.05) is 14.6 Å². The van der Waals surface area contributed by atoms with Crippen LogP contribution < -0.4 is 0 Å². The summed E-state index contributed by atoms with van der Waals surface area (Å²) in [6.07, 6.45) is 7.66. The SMILES string of the molecule is CC(C)(Cl)CCC[C@@](C)(Cl)C1CCC(C)(Cl)CC1. The summed E-state index contributed by atoms with van der Waals surface area (Å²) in [6, 6.07) is 0. The van der Waals surface area contributed by atoms with Crippen LogP contribution in [0.2, 0.25) is 0 Å². The molecule has 0 amide bonds. The Morgan fingerprint density at radius 3 is 2.00 bits per heavy atom. The molecule has 0 aromatic rings. The van der Waals surface area contributed by atoms with Crippen LogP contribution in [0.25, 0.3) is 0 Å². The lowest BCUT2D eigenvalue weighted by molar-refractivity contribution is 0.241. The Morgan fingerprint density at radius 1 is 1.06 bits per heavy atom. The van der Waals surface area contributed by atoms with Crippen molar-refractivity contribution in [2.45, 2.75) is 87.3 Å². The summed E-state index contributed by atoms with van der Waals surface area (Å²) < 4.78 is 0. The molecule has 0 unspecified atom stereocenters. The van der Waals surface area contributed by atoms with Crippen molar-refractivity contribution >= 4 is 34.8 Å². The van der Waals surface area contributed by atoms with Crippen molar-refractivity contribution < 1.29 is 0 Å². The Morgan fingerprint density at radius 2 is 1.56 bits per heavy atom.